The predicted octanol–water partition coefficient (Wildman–Crippen LogP) is 4.72. The Morgan fingerprint density at radius 2 is 2.05 bits per heavy atom. The normalized spacial score (nSPS) is 24.5. The van der Waals surface area contributed by atoms with Crippen molar-refractivity contribution in [2.75, 3.05) is 7.05 Å². The molecule has 2 nitrogen and oxygen atoms in total. The minimum absolute atomic E-state index is 0.533. The number of hydrogen-bond donors (Lipinski definition) is 1. The second kappa shape index (κ2) is 5.56. The number of hydrogen-bond acceptors (Lipinski definition) is 2. The molecule has 2 atom stereocenters. The molecule has 102 valence electrons. The van der Waals surface area contributed by atoms with Crippen molar-refractivity contribution in [3.63, 3.8) is 0 Å². The molecule has 1 fully saturated rings. The van der Waals surface area contributed by atoms with E-state index < -0.39 is 0 Å². The lowest BCUT2D eigenvalue weighted by molar-refractivity contribution is 0.417. The van der Waals surface area contributed by atoms with E-state index in [1.54, 1.807) is 0 Å². The first kappa shape index (κ1) is 13.0. The van der Waals surface area contributed by atoms with Gasteiger partial charge in [-0.15, -0.1) is 0 Å². The number of benzene rings is 1. The summed E-state index contributed by atoms with van der Waals surface area (Å²) in [5.74, 6) is 1.66. The molecule has 0 saturated heterocycles. The van der Waals surface area contributed by atoms with E-state index in [-0.39, 0.29) is 0 Å². The molecular weight excluding hydrogens is 258 g/mol. The smallest absolute Gasteiger partial charge is 0.134 e. The third-order valence-corrected chi connectivity index (χ3v) is 4.47. The van der Waals surface area contributed by atoms with E-state index in [1.807, 2.05) is 18.2 Å². The lowest BCUT2D eigenvalue weighted by atomic mass is 9.95. The van der Waals surface area contributed by atoms with Crippen LogP contribution in [0.5, 0.6) is 0 Å². The second-order valence-electron chi connectivity index (χ2n) is 5.53. The average molecular weight is 278 g/mol. The van der Waals surface area contributed by atoms with Gasteiger partial charge in [-0.1, -0.05) is 24.4 Å². The van der Waals surface area contributed by atoms with Gasteiger partial charge in [-0.3, -0.25) is 0 Å². The van der Waals surface area contributed by atoms with Gasteiger partial charge in [0.2, 0.25) is 0 Å². The minimum Gasteiger partial charge on any atom is -0.461 e. The first-order valence-corrected chi connectivity index (χ1v) is 7.50. The van der Waals surface area contributed by atoms with Crippen molar-refractivity contribution in [2.45, 2.75) is 44.1 Å². The molecule has 0 radical (unpaired) electrons. The highest BCUT2D eigenvalue weighted by Gasteiger charge is 2.23. The van der Waals surface area contributed by atoms with Crippen LogP contribution in [0.15, 0.2) is 28.7 Å². The molecule has 0 aliphatic heterocycles. The van der Waals surface area contributed by atoms with Crippen molar-refractivity contribution in [2.24, 2.45) is 0 Å². The van der Waals surface area contributed by atoms with E-state index in [2.05, 4.69) is 18.4 Å². The molecule has 0 amide bonds. The molecule has 0 bridgehead atoms. The van der Waals surface area contributed by atoms with Gasteiger partial charge in [0, 0.05) is 22.4 Å². The van der Waals surface area contributed by atoms with Crippen LogP contribution in [0.2, 0.25) is 5.02 Å². The molecule has 1 N–H and O–H groups in total. The maximum Gasteiger partial charge on any atom is 0.134 e. The standard InChI is InChI=1S/C16H20ClNO/c1-18-14-5-3-2-4-11(9-14)16-10-12-8-13(17)6-7-15(12)19-16/h6-8,10-11,14,18H,2-5,9H2,1H3. The Morgan fingerprint density at radius 3 is 2.89 bits per heavy atom. The number of nitrogens with one attached hydrogen (secondary N) is 1. The van der Waals surface area contributed by atoms with Gasteiger partial charge >= 0.3 is 0 Å². The molecule has 0 spiro atoms. The van der Waals surface area contributed by atoms with Gasteiger partial charge in [0.1, 0.15) is 11.3 Å². The SMILES string of the molecule is CNC1CCCCC(c2cc3cc(Cl)ccc3o2)C1. The van der Waals surface area contributed by atoms with Crippen LogP contribution in [-0.2, 0) is 0 Å². The summed E-state index contributed by atoms with van der Waals surface area (Å²) >= 11 is 6.03. The Labute approximate surface area is 119 Å². The predicted molar refractivity (Wildman–Crippen MR) is 79.9 cm³/mol. The van der Waals surface area contributed by atoms with Gasteiger partial charge < -0.3 is 9.73 Å². The van der Waals surface area contributed by atoms with Gasteiger partial charge in [-0.2, -0.15) is 0 Å². The molecule has 1 aliphatic carbocycles. The highest BCUT2D eigenvalue weighted by Crippen LogP contribution is 2.35. The van der Waals surface area contributed by atoms with Gasteiger partial charge in [-0.05, 0) is 50.6 Å². The number of rotatable bonds is 2. The molecule has 3 rings (SSSR count). The fraction of sp³-hybridized carbons (Fsp3) is 0.500. The Kier molecular flexibility index (Phi) is 3.81. The average Bonchev–Trinajstić information content (AvgIpc) is 2.68. The number of halogens is 1. The maximum atomic E-state index is 6.03. The summed E-state index contributed by atoms with van der Waals surface area (Å²) in [5.41, 5.74) is 0.949. The first-order valence-electron chi connectivity index (χ1n) is 7.12. The Hall–Kier alpha value is -0.990. The van der Waals surface area contributed by atoms with Crippen LogP contribution in [0.4, 0.5) is 0 Å². The zero-order valence-corrected chi connectivity index (χ0v) is 12.0. The van der Waals surface area contributed by atoms with Crippen molar-refractivity contribution in [1.82, 2.24) is 5.32 Å². The van der Waals surface area contributed by atoms with E-state index in [0.29, 0.717) is 12.0 Å². The monoisotopic (exact) mass is 277 g/mol. The van der Waals surface area contributed by atoms with Crippen LogP contribution in [0.1, 0.15) is 43.8 Å². The molecule has 1 aliphatic rings. The summed E-state index contributed by atoms with van der Waals surface area (Å²) in [4.78, 5) is 0. The fourth-order valence-corrected chi connectivity index (χ4v) is 3.30. The first-order chi connectivity index (χ1) is 9.26. The largest absolute Gasteiger partial charge is 0.461 e. The summed E-state index contributed by atoms with van der Waals surface area (Å²) < 4.78 is 6.02. The van der Waals surface area contributed by atoms with Crippen molar-refractivity contribution in [1.29, 1.82) is 0 Å². The maximum absolute atomic E-state index is 6.03. The van der Waals surface area contributed by atoms with Crippen LogP contribution in [0, 0.1) is 0 Å². The molecular formula is C16H20ClNO. The van der Waals surface area contributed by atoms with Crippen molar-refractivity contribution < 1.29 is 4.42 Å². The topological polar surface area (TPSA) is 25.2 Å². The van der Waals surface area contributed by atoms with E-state index in [9.17, 15) is 0 Å². The van der Waals surface area contributed by atoms with Crippen LogP contribution in [0.25, 0.3) is 11.0 Å². The summed E-state index contributed by atoms with van der Waals surface area (Å²) in [6.07, 6.45) is 6.28. The van der Waals surface area contributed by atoms with Crippen LogP contribution in [-0.4, -0.2) is 13.1 Å². The second-order valence-corrected chi connectivity index (χ2v) is 5.97. The summed E-state index contributed by atoms with van der Waals surface area (Å²) in [6, 6.07) is 8.62. The van der Waals surface area contributed by atoms with E-state index in [1.165, 1.54) is 32.1 Å². The van der Waals surface area contributed by atoms with Gasteiger partial charge in [-0.25, -0.2) is 0 Å². The van der Waals surface area contributed by atoms with Crippen LogP contribution in [0.3, 0.4) is 0 Å². The summed E-state index contributed by atoms with van der Waals surface area (Å²) in [7, 11) is 2.06. The van der Waals surface area contributed by atoms with Gasteiger partial charge in [0.15, 0.2) is 0 Å². The molecule has 2 unspecified atom stereocenters. The zero-order chi connectivity index (χ0) is 13.2. The van der Waals surface area contributed by atoms with Crippen LogP contribution < -0.4 is 5.32 Å². The lowest BCUT2D eigenvalue weighted by Gasteiger charge is -2.17. The van der Waals surface area contributed by atoms with E-state index >= 15 is 0 Å². The van der Waals surface area contributed by atoms with Crippen molar-refractivity contribution in [3.05, 3.63) is 35.0 Å². The third kappa shape index (κ3) is 2.80. The fourth-order valence-electron chi connectivity index (χ4n) is 3.12. The van der Waals surface area contributed by atoms with Crippen molar-refractivity contribution >= 4 is 22.6 Å². The lowest BCUT2D eigenvalue weighted by Crippen LogP contribution is -2.25. The van der Waals surface area contributed by atoms with E-state index in [0.717, 1.165) is 21.8 Å². The molecule has 1 aromatic carbocycles. The summed E-state index contributed by atoms with van der Waals surface area (Å²) in [5, 5.41) is 5.31. The Bertz CT molecular complexity index is 563. The molecule has 19 heavy (non-hydrogen) atoms. The zero-order valence-electron chi connectivity index (χ0n) is 11.3. The summed E-state index contributed by atoms with van der Waals surface area (Å²) in [6.45, 7) is 0. The quantitative estimate of drug-likeness (QED) is 0.804. The van der Waals surface area contributed by atoms with E-state index in [4.69, 9.17) is 16.0 Å². The molecule has 2 aromatic rings. The Morgan fingerprint density at radius 1 is 1.21 bits per heavy atom. The van der Waals surface area contributed by atoms with Crippen LogP contribution >= 0.6 is 11.6 Å². The number of fused-ring (bicyclic) bond motifs is 1. The van der Waals surface area contributed by atoms with Crippen molar-refractivity contribution in [3.8, 4) is 0 Å². The highest BCUT2D eigenvalue weighted by molar-refractivity contribution is 6.31. The molecule has 3 heteroatoms. The minimum atomic E-state index is 0.533. The molecule has 1 aromatic heterocycles. The van der Waals surface area contributed by atoms with Gasteiger partial charge in [0.05, 0.1) is 0 Å². The van der Waals surface area contributed by atoms with Gasteiger partial charge in [0.25, 0.3) is 0 Å². The molecule has 1 heterocycles. The Balaban J connectivity index is 1.89. The number of furan rings is 1. The third-order valence-electron chi connectivity index (χ3n) is 4.23. The molecule has 1 saturated carbocycles. The highest BCUT2D eigenvalue weighted by atomic mass is 35.5.